The van der Waals surface area contributed by atoms with Crippen LogP contribution in [0.1, 0.15) is 41.2 Å². The Morgan fingerprint density at radius 3 is 2.72 bits per heavy atom. The first kappa shape index (κ1) is 17.8. The van der Waals surface area contributed by atoms with Crippen molar-refractivity contribution in [2.24, 2.45) is 0 Å². The molecule has 1 fully saturated rings. The zero-order valence-electron chi connectivity index (χ0n) is 16.0. The summed E-state index contributed by atoms with van der Waals surface area (Å²) < 4.78 is 17.0. The van der Waals surface area contributed by atoms with E-state index in [1.807, 2.05) is 23.1 Å². The summed E-state index contributed by atoms with van der Waals surface area (Å²) >= 11 is 0. The number of hydrogen-bond donors (Lipinski definition) is 1. The number of carbonyl (C=O) groups excluding carboxylic acids is 2. The zero-order valence-corrected chi connectivity index (χ0v) is 16.0. The summed E-state index contributed by atoms with van der Waals surface area (Å²) in [5.74, 6) is 1.81. The van der Waals surface area contributed by atoms with Crippen LogP contribution in [0.25, 0.3) is 0 Å². The first-order valence-corrected chi connectivity index (χ1v) is 9.96. The van der Waals surface area contributed by atoms with Crippen molar-refractivity contribution in [1.82, 2.24) is 4.90 Å². The van der Waals surface area contributed by atoms with Gasteiger partial charge in [-0.25, -0.2) is 0 Å². The third-order valence-electron chi connectivity index (χ3n) is 5.53. The van der Waals surface area contributed by atoms with Crippen LogP contribution in [0.3, 0.4) is 0 Å². The molecule has 0 bridgehead atoms. The Labute approximate surface area is 168 Å². The van der Waals surface area contributed by atoms with E-state index in [-0.39, 0.29) is 24.5 Å². The average Bonchev–Trinajstić information content (AvgIpc) is 3.11. The van der Waals surface area contributed by atoms with E-state index in [2.05, 4.69) is 5.32 Å². The van der Waals surface area contributed by atoms with Crippen molar-refractivity contribution < 1.29 is 23.8 Å². The number of ether oxygens (including phenoxy) is 3. The highest BCUT2D eigenvalue weighted by Gasteiger charge is 2.32. The Hall–Kier alpha value is -3.22. The third-order valence-corrected chi connectivity index (χ3v) is 5.53. The van der Waals surface area contributed by atoms with Gasteiger partial charge in [0.05, 0.1) is 24.9 Å². The van der Waals surface area contributed by atoms with Crippen LogP contribution in [0.15, 0.2) is 36.4 Å². The minimum Gasteiger partial charge on any atom is -0.490 e. The van der Waals surface area contributed by atoms with E-state index in [4.69, 9.17) is 14.2 Å². The summed E-state index contributed by atoms with van der Waals surface area (Å²) in [6.45, 7) is 1.96. The van der Waals surface area contributed by atoms with Crippen molar-refractivity contribution in [2.75, 3.05) is 31.7 Å². The molecule has 3 aliphatic heterocycles. The Morgan fingerprint density at radius 1 is 0.966 bits per heavy atom. The lowest BCUT2D eigenvalue weighted by Crippen LogP contribution is -2.31. The normalized spacial score (nSPS) is 20.3. The molecule has 2 aromatic carbocycles. The van der Waals surface area contributed by atoms with Crippen molar-refractivity contribution in [3.05, 3.63) is 47.5 Å². The minimum atomic E-state index is -0.189. The second-order valence-electron chi connectivity index (χ2n) is 7.46. The fraction of sp³-hybridized carbons (Fsp3) is 0.364. The summed E-state index contributed by atoms with van der Waals surface area (Å²) in [4.78, 5) is 26.6. The quantitative estimate of drug-likeness (QED) is 0.847. The molecule has 1 N–H and O–H groups in total. The molecule has 3 aliphatic rings. The zero-order chi connectivity index (χ0) is 19.8. The van der Waals surface area contributed by atoms with Gasteiger partial charge in [-0.3, -0.25) is 9.59 Å². The molecule has 5 rings (SSSR count). The molecular formula is C22H22N2O5. The molecule has 0 saturated carbocycles. The maximum atomic E-state index is 13.3. The van der Waals surface area contributed by atoms with Crippen molar-refractivity contribution in [3.63, 3.8) is 0 Å². The van der Waals surface area contributed by atoms with Gasteiger partial charge in [-0.15, -0.1) is 0 Å². The van der Waals surface area contributed by atoms with Gasteiger partial charge in [0, 0.05) is 18.5 Å². The van der Waals surface area contributed by atoms with Crippen molar-refractivity contribution in [2.45, 2.75) is 25.3 Å². The number of carbonyl (C=O) groups is 2. The Bertz CT molecular complexity index is 974. The lowest BCUT2D eigenvalue weighted by atomic mass is 10.0. The molecule has 0 aliphatic carbocycles. The van der Waals surface area contributed by atoms with Crippen LogP contribution in [-0.4, -0.2) is 43.1 Å². The highest BCUT2D eigenvalue weighted by atomic mass is 16.5. The van der Waals surface area contributed by atoms with Crippen molar-refractivity contribution in [3.8, 4) is 17.2 Å². The lowest BCUT2D eigenvalue weighted by Gasteiger charge is -2.26. The van der Waals surface area contributed by atoms with Gasteiger partial charge in [-0.1, -0.05) is 6.07 Å². The van der Waals surface area contributed by atoms with E-state index in [1.165, 1.54) is 0 Å². The molecule has 0 unspecified atom stereocenters. The minimum absolute atomic E-state index is 0.00342. The molecule has 0 spiro atoms. The number of nitrogens with zero attached hydrogens (tertiary/aromatic N) is 1. The van der Waals surface area contributed by atoms with Gasteiger partial charge >= 0.3 is 0 Å². The fourth-order valence-corrected chi connectivity index (χ4v) is 4.12. The fourth-order valence-electron chi connectivity index (χ4n) is 4.12. The average molecular weight is 394 g/mol. The monoisotopic (exact) mass is 394 g/mol. The topological polar surface area (TPSA) is 77.1 Å². The molecule has 7 nitrogen and oxygen atoms in total. The maximum absolute atomic E-state index is 13.3. The lowest BCUT2D eigenvalue weighted by molar-refractivity contribution is -0.118. The van der Waals surface area contributed by atoms with Crippen LogP contribution < -0.4 is 19.5 Å². The van der Waals surface area contributed by atoms with Crippen LogP contribution in [0.2, 0.25) is 0 Å². The first-order valence-electron chi connectivity index (χ1n) is 9.96. The van der Waals surface area contributed by atoms with Crippen LogP contribution in [0.5, 0.6) is 17.2 Å². The maximum Gasteiger partial charge on any atom is 0.262 e. The number of benzene rings is 2. The molecule has 0 aromatic heterocycles. The molecule has 1 atom stereocenters. The number of nitrogens with one attached hydrogen (secondary N) is 1. The van der Waals surface area contributed by atoms with Gasteiger partial charge in [-0.05, 0) is 48.7 Å². The molecule has 7 heteroatoms. The molecular weight excluding hydrogens is 372 g/mol. The molecule has 150 valence electrons. The summed E-state index contributed by atoms with van der Waals surface area (Å²) in [5.41, 5.74) is 2.21. The standard InChI is InChI=1S/C22H22N2O5/c25-21-13-29-19-12-15(4-6-16(19)23-21)22(26)24-8-1-3-17(24)14-5-7-18-20(11-14)28-10-2-9-27-18/h4-7,11-12,17H,1-3,8-10,13H2,(H,23,25)/t17-/m0/s1. The van der Waals surface area contributed by atoms with Gasteiger partial charge in [0.25, 0.3) is 11.8 Å². The van der Waals surface area contributed by atoms with Crippen molar-refractivity contribution >= 4 is 17.5 Å². The molecule has 0 radical (unpaired) electrons. The second kappa shape index (κ2) is 7.31. The van der Waals surface area contributed by atoms with Crippen LogP contribution in [0, 0.1) is 0 Å². The highest BCUT2D eigenvalue weighted by molar-refractivity contribution is 5.99. The highest BCUT2D eigenvalue weighted by Crippen LogP contribution is 2.39. The molecule has 2 amide bonds. The van der Waals surface area contributed by atoms with E-state index in [9.17, 15) is 9.59 Å². The van der Waals surface area contributed by atoms with E-state index >= 15 is 0 Å². The smallest absolute Gasteiger partial charge is 0.262 e. The summed E-state index contributed by atoms with van der Waals surface area (Å²) in [6.07, 6.45) is 2.71. The number of amides is 2. The number of likely N-dealkylation sites (tertiary alicyclic amines) is 1. The SMILES string of the molecule is O=C1COc2cc(C(=O)N3CCC[C@H]3c3ccc4c(c3)OCCCO4)ccc2N1. The van der Waals surface area contributed by atoms with Gasteiger partial charge in [0.2, 0.25) is 0 Å². The van der Waals surface area contributed by atoms with Crippen LogP contribution >= 0.6 is 0 Å². The van der Waals surface area contributed by atoms with Gasteiger partial charge < -0.3 is 24.4 Å². The van der Waals surface area contributed by atoms with E-state index < -0.39 is 0 Å². The van der Waals surface area contributed by atoms with E-state index in [0.717, 1.165) is 36.3 Å². The van der Waals surface area contributed by atoms with Gasteiger partial charge in [0.1, 0.15) is 5.75 Å². The van der Waals surface area contributed by atoms with Gasteiger partial charge in [-0.2, -0.15) is 0 Å². The summed E-state index contributed by atoms with van der Waals surface area (Å²) in [7, 11) is 0. The number of anilines is 1. The Balaban J connectivity index is 1.40. The predicted octanol–water partition coefficient (Wildman–Crippen LogP) is 3.16. The predicted molar refractivity (Wildman–Crippen MR) is 106 cm³/mol. The molecule has 3 heterocycles. The summed E-state index contributed by atoms with van der Waals surface area (Å²) in [5, 5.41) is 2.75. The van der Waals surface area contributed by atoms with Crippen LogP contribution in [-0.2, 0) is 4.79 Å². The Kier molecular flexibility index (Phi) is 4.50. The number of fused-ring (bicyclic) bond motifs is 2. The van der Waals surface area contributed by atoms with E-state index in [1.54, 1.807) is 18.2 Å². The van der Waals surface area contributed by atoms with Gasteiger partial charge in [0.15, 0.2) is 18.1 Å². The molecule has 2 aromatic rings. The first-order chi connectivity index (χ1) is 14.2. The largest absolute Gasteiger partial charge is 0.490 e. The number of rotatable bonds is 2. The third kappa shape index (κ3) is 3.37. The van der Waals surface area contributed by atoms with Crippen LogP contribution in [0.4, 0.5) is 5.69 Å². The van der Waals surface area contributed by atoms with Crippen molar-refractivity contribution in [1.29, 1.82) is 0 Å². The summed E-state index contributed by atoms with van der Waals surface area (Å²) in [6, 6.07) is 11.1. The number of hydrogen-bond acceptors (Lipinski definition) is 5. The van der Waals surface area contributed by atoms with E-state index in [0.29, 0.717) is 36.8 Å². The molecule has 29 heavy (non-hydrogen) atoms. The second-order valence-corrected chi connectivity index (χ2v) is 7.46. The molecule has 1 saturated heterocycles. The Morgan fingerprint density at radius 2 is 1.83 bits per heavy atom.